The molecule has 1 N–H and O–H groups in total. The molecule has 1 aromatic rings. The summed E-state index contributed by atoms with van der Waals surface area (Å²) in [6.07, 6.45) is 0.695. The minimum Gasteiger partial charge on any atom is -0.504 e. The zero-order valence-corrected chi connectivity index (χ0v) is 8.53. The number of methoxy groups -OCH3 is 1. The molecular formula is C8H7IO3. The summed E-state index contributed by atoms with van der Waals surface area (Å²) in [6.45, 7) is 0. The second-order valence-corrected chi connectivity index (χ2v) is 3.33. The Balaban J connectivity index is 3.25. The van der Waals surface area contributed by atoms with Gasteiger partial charge in [0.1, 0.15) is 0 Å². The van der Waals surface area contributed by atoms with Crippen LogP contribution in [0.3, 0.4) is 0 Å². The van der Waals surface area contributed by atoms with Crippen LogP contribution in [-0.4, -0.2) is 18.5 Å². The molecule has 0 saturated heterocycles. The van der Waals surface area contributed by atoms with E-state index in [0.29, 0.717) is 17.6 Å². The van der Waals surface area contributed by atoms with Gasteiger partial charge in [0.05, 0.1) is 7.11 Å². The molecule has 0 saturated carbocycles. The van der Waals surface area contributed by atoms with Crippen LogP contribution in [0, 0.1) is 3.57 Å². The number of carbonyl (C=O) groups excluding carboxylic acids is 1. The van der Waals surface area contributed by atoms with E-state index < -0.39 is 0 Å². The highest BCUT2D eigenvalue weighted by Crippen LogP contribution is 2.29. The molecule has 0 bridgehead atoms. The lowest BCUT2D eigenvalue weighted by molar-refractivity contribution is 0.112. The Morgan fingerprint density at radius 1 is 1.58 bits per heavy atom. The Hall–Kier alpha value is -0.780. The van der Waals surface area contributed by atoms with Crippen molar-refractivity contribution in [3.63, 3.8) is 0 Å². The number of rotatable bonds is 2. The minimum absolute atomic E-state index is 0.0139. The van der Waals surface area contributed by atoms with Crippen molar-refractivity contribution in [2.75, 3.05) is 7.11 Å². The first-order valence-electron chi connectivity index (χ1n) is 3.20. The van der Waals surface area contributed by atoms with Crippen LogP contribution in [0.1, 0.15) is 10.4 Å². The Morgan fingerprint density at radius 3 is 2.75 bits per heavy atom. The standard InChI is InChI=1S/C8H7IO3/c1-12-8-3-6(9)5(4-10)2-7(8)11/h2-4,11H,1H3. The average Bonchev–Trinajstić information content (AvgIpc) is 2.08. The molecule has 0 aliphatic heterocycles. The Morgan fingerprint density at radius 2 is 2.25 bits per heavy atom. The lowest BCUT2D eigenvalue weighted by Gasteiger charge is -2.04. The largest absolute Gasteiger partial charge is 0.504 e. The quantitative estimate of drug-likeness (QED) is 0.663. The van der Waals surface area contributed by atoms with Gasteiger partial charge in [0.2, 0.25) is 0 Å². The van der Waals surface area contributed by atoms with Crippen molar-refractivity contribution >= 4 is 28.9 Å². The lowest BCUT2D eigenvalue weighted by atomic mass is 10.2. The van der Waals surface area contributed by atoms with Crippen molar-refractivity contribution in [1.82, 2.24) is 0 Å². The third kappa shape index (κ3) is 1.69. The van der Waals surface area contributed by atoms with Crippen molar-refractivity contribution < 1.29 is 14.6 Å². The molecule has 0 aliphatic rings. The number of benzene rings is 1. The summed E-state index contributed by atoms with van der Waals surface area (Å²) in [5.74, 6) is 0.366. The van der Waals surface area contributed by atoms with Gasteiger partial charge in [0.15, 0.2) is 17.8 Å². The number of hydrogen-bond acceptors (Lipinski definition) is 3. The van der Waals surface area contributed by atoms with Gasteiger partial charge in [-0.15, -0.1) is 0 Å². The van der Waals surface area contributed by atoms with Crippen molar-refractivity contribution in [3.05, 3.63) is 21.3 Å². The van der Waals surface area contributed by atoms with E-state index in [1.807, 2.05) is 22.6 Å². The highest BCUT2D eigenvalue weighted by Gasteiger charge is 2.06. The van der Waals surface area contributed by atoms with Crippen molar-refractivity contribution in [2.24, 2.45) is 0 Å². The van der Waals surface area contributed by atoms with E-state index >= 15 is 0 Å². The van der Waals surface area contributed by atoms with E-state index in [2.05, 4.69) is 0 Å². The number of aldehydes is 1. The first-order chi connectivity index (χ1) is 5.69. The highest BCUT2D eigenvalue weighted by atomic mass is 127. The molecule has 0 radical (unpaired) electrons. The molecule has 0 amide bonds. The van der Waals surface area contributed by atoms with Crippen molar-refractivity contribution in [3.8, 4) is 11.5 Å². The van der Waals surface area contributed by atoms with Gasteiger partial charge < -0.3 is 9.84 Å². The maximum atomic E-state index is 10.4. The minimum atomic E-state index is -0.0139. The fourth-order valence-corrected chi connectivity index (χ4v) is 1.38. The molecule has 1 rings (SSSR count). The first kappa shape index (κ1) is 9.31. The first-order valence-corrected chi connectivity index (χ1v) is 4.28. The van der Waals surface area contributed by atoms with Crippen LogP contribution in [0.15, 0.2) is 12.1 Å². The summed E-state index contributed by atoms with van der Waals surface area (Å²) in [5.41, 5.74) is 0.467. The lowest BCUT2D eigenvalue weighted by Crippen LogP contribution is -1.89. The Bertz CT molecular complexity index is 309. The van der Waals surface area contributed by atoms with Crippen LogP contribution < -0.4 is 4.74 Å². The topological polar surface area (TPSA) is 46.5 Å². The summed E-state index contributed by atoms with van der Waals surface area (Å²) in [5, 5.41) is 9.26. The fourth-order valence-electron chi connectivity index (χ4n) is 0.814. The van der Waals surface area contributed by atoms with Gasteiger partial charge >= 0.3 is 0 Å². The molecule has 3 nitrogen and oxygen atoms in total. The second-order valence-electron chi connectivity index (χ2n) is 2.16. The molecule has 0 aliphatic carbocycles. The zero-order chi connectivity index (χ0) is 9.14. The molecule has 64 valence electrons. The van der Waals surface area contributed by atoms with E-state index in [4.69, 9.17) is 4.74 Å². The SMILES string of the molecule is COc1cc(I)c(C=O)cc1O. The fraction of sp³-hybridized carbons (Fsp3) is 0.125. The number of carbonyl (C=O) groups is 1. The maximum Gasteiger partial charge on any atom is 0.161 e. The van der Waals surface area contributed by atoms with Crippen LogP contribution in [0.4, 0.5) is 0 Å². The maximum absolute atomic E-state index is 10.4. The molecule has 0 heterocycles. The molecule has 1 aromatic carbocycles. The molecule has 4 heteroatoms. The summed E-state index contributed by atoms with van der Waals surface area (Å²) in [6, 6.07) is 2.99. The van der Waals surface area contributed by atoms with Crippen LogP contribution in [0.25, 0.3) is 0 Å². The monoisotopic (exact) mass is 278 g/mol. The molecule has 0 fully saturated rings. The number of halogens is 1. The third-order valence-corrected chi connectivity index (χ3v) is 2.36. The number of ether oxygens (including phenoxy) is 1. The summed E-state index contributed by atoms with van der Waals surface area (Å²) in [4.78, 5) is 10.4. The van der Waals surface area contributed by atoms with Crippen molar-refractivity contribution in [1.29, 1.82) is 0 Å². The van der Waals surface area contributed by atoms with Crippen LogP contribution in [0.2, 0.25) is 0 Å². The molecule has 0 aromatic heterocycles. The van der Waals surface area contributed by atoms with Gasteiger partial charge in [0, 0.05) is 9.13 Å². The van der Waals surface area contributed by atoms with E-state index in [9.17, 15) is 9.90 Å². The van der Waals surface area contributed by atoms with Gasteiger partial charge in [-0.2, -0.15) is 0 Å². The smallest absolute Gasteiger partial charge is 0.161 e. The molecule has 0 atom stereocenters. The van der Waals surface area contributed by atoms with Crippen molar-refractivity contribution in [2.45, 2.75) is 0 Å². The predicted octanol–water partition coefficient (Wildman–Crippen LogP) is 1.82. The third-order valence-electron chi connectivity index (χ3n) is 1.43. The molecule has 12 heavy (non-hydrogen) atoms. The number of aromatic hydroxyl groups is 1. The van der Waals surface area contributed by atoms with E-state index in [1.165, 1.54) is 13.2 Å². The van der Waals surface area contributed by atoms with Gasteiger partial charge in [-0.05, 0) is 34.7 Å². The normalized spacial score (nSPS) is 9.50. The van der Waals surface area contributed by atoms with Gasteiger partial charge in [-0.25, -0.2) is 0 Å². The number of hydrogen-bond donors (Lipinski definition) is 1. The van der Waals surface area contributed by atoms with E-state index in [-0.39, 0.29) is 5.75 Å². The van der Waals surface area contributed by atoms with E-state index in [1.54, 1.807) is 6.07 Å². The summed E-state index contributed by atoms with van der Waals surface area (Å²) < 4.78 is 5.62. The Labute approximate surface area is 83.5 Å². The Kier molecular flexibility index (Phi) is 2.91. The predicted molar refractivity (Wildman–Crippen MR) is 52.8 cm³/mol. The van der Waals surface area contributed by atoms with E-state index in [0.717, 1.165) is 3.57 Å². The van der Waals surface area contributed by atoms with Crippen LogP contribution >= 0.6 is 22.6 Å². The summed E-state index contributed by atoms with van der Waals surface area (Å²) in [7, 11) is 1.46. The number of phenols is 1. The van der Waals surface area contributed by atoms with Gasteiger partial charge in [-0.3, -0.25) is 4.79 Å². The molecule has 0 unspecified atom stereocenters. The second kappa shape index (κ2) is 3.75. The van der Waals surface area contributed by atoms with Crippen LogP contribution in [0.5, 0.6) is 11.5 Å². The molecular weight excluding hydrogens is 271 g/mol. The highest BCUT2D eigenvalue weighted by molar-refractivity contribution is 14.1. The van der Waals surface area contributed by atoms with Gasteiger partial charge in [0.25, 0.3) is 0 Å². The number of phenolic OH excluding ortho intramolecular Hbond substituents is 1. The zero-order valence-electron chi connectivity index (χ0n) is 6.37. The van der Waals surface area contributed by atoms with Crippen LogP contribution in [-0.2, 0) is 0 Å². The summed E-state index contributed by atoms with van der Waals surface area (Å²) >= 11 is 2.00. The van der Waals surface area contributed by atoms with Gasteiger partial charge in [-0.1, -0.05) is 0 Å². The molecule has 0 spiro atoms. The average molecular weight is 278 g/mol.